The second-order valence-corrected chi connectivity index (χ2v) is 7.07. The number of carboxylic acid groups (broad SMARTS) is 1. The Bertz CT molecular complexity index is 622. The summed E-state index contributed by atoms with van der Waals surface area (Å²) < 4.78 is 37.1. The van der Waals surface area contributed by atoms with Gasteiger partial charge in [0.25, 0.3) is 0 Å². The SMILES string of the molecule is O=C(Nc1nc2c(s1)COCC2)NC1CCCCNC1.O=C(O)C(F)(F)F. The van der Waals surface area contributed by atoms with Gasteiger partial charge in [-0.1, -0.05) is 17.8 Å². The van der Waals surface area contributed by atoms with Crippen LogP contribution in [0.25, 0.3) is 0 Å². The number of thiazole rings is 1. The Morgan fingerprint density at radius 3 is 2.74 bits per heavy atom. The summed E-state index contributed by atoms with van der Waals surface area (Å²) >= 11 is 1.51. The number of aromatic nitrogens is 1. The van der Waals surface area contributed by atoms with Crippen LogP contribution in [0.15, 0.2) is 0 Å². The van der Waals surface area contributed by atoms with Crippen LogP contribution < -0.4 is 16.0 Å². The first-order valence-electron chi connectivity index (χ1n) is 8.40. The van der Waals surface area contributed by atoms with Gasteiger partial charge >= 0.3 is 18.2 Å². The maximum Gasteiger partial charge on any atom is 0.490 e. The molecular formula is C15H21F3N4O4S. The molecular weight excluding hydrogens is 389 g/mol. The lowest BCUT2D eigenvalue weighted by atomic mass is 10.1. The molecule has 1 aromatic heterocycles. The van der Waals surface area contributed by atoms with Crippen LogP contribution in [-0.4, -0.2) is 54.0 Å². The normalized spacial score (nSPS) is 19.7. The smallest absolute Gasteiger partial charge is 0.475 e. The second-order valence-electron chi connectivity index (χ2n) is 5.99. The quantitative estimate of drug-likeness (QED) is 0.594. The average Bonchev–Trinajstić information content (AvgIpc) is 2.81. The van der Waals surface area contributed by atoms with Crippen molar-refractivity contribution in [3.8, 4) is 0 Å². The fourth-order valence-electron chi connectivity index (χ4n) is 2.54. The van der Waals surface area contributed by atoms with Crippen LogP contribution in [0, 0.1) is 0 Å². The van der Waals surface area contributed by atoms with Crippen molar-refractivity contribution < 1.29 is 32.6 Å². The van der Waals surface area contributed by atoms with Crippen molar-refractivity contribution in [2.24, 2.45) is 0 Å². The first-order valence-corrected chi connectivity index (χ1v) is 9.22. The summed E-state index contributed by atoms with van der Waals surface area (Å²) in [5, 5.41) is 17.0. The molecule has 3 heterocycles. The van der Waals surface area contributed by atoms with Gasteiger partial charge in [-0.05, 0) is 19.4 Å². The molecule has 2 amide bonds. The zero-order chi connectivity index (χ0) is 19.9. The third kappa shape index (κ3) is 7.31. The van der Waals surface area contributed by atoms with Gasteiger partial charge in [-0.3, -0.25) is 5.32 Å². The molecule has 2 aliphatic rings. The van der Waals surface area contributed by atoms with E-state index in [1.54, 1.807) is 0 Å². The van der Waals surface area contributed by atoms with Gasteiger partial charge in [-0.2, -0.15) is 13.2 Å². The van der Waals surface area contributed by atoms with E-state index in [4.69, 9.17) is 14.6 Å². The molecule has 0 saturated carbocycles. The van der Waals surface area contributed by atoms with Crippen molar-refractivity contribution >= 4 is 28.5 Å². The van der Waals surface area contributed by atoms with E-state index in [9.17, 15) is 18.0 Å². The fraction of sp³-hybridized carbons (Fsp3) is 0.667. The molecule has 0 aliphatic carbocycles. The summed E-state index contributed by atoms with van der Waals surface area (Å²) in [5.74, 6) is -2.76. The number of carbonyl (C=O) groups excluding carboxylic acids is 1. The standard InChI is InChI=1S/C13H20N4O2S.C2HF3O2/c18-12(15-9-3-1-2-5-14-7-9)17-13-16-10-4-6-19-8-11(10)20-13;3-2(4,5)1(6)7/h9,14H,1-8H2,(H2,15,16,17,18);(H,6,7). The van der Waals surface area contributed by atoms with Gasteiger partial charge in [0.15, 0.2) is 5.13 Å². The van der Waals surface area contributed by atoms with Crippen molar-refractivity contribution in [2.75, 3.05) is 25.0 Å². The van der Waals surface area contributed by atoms with Crippen LogP contribution in [-0.2, 0) is 22.6 Å². The molecule has 1 aromatic rings. The molecule has 0 spiro atoms. The highest BCUT2D eigenvalue weighted by Crippen LogP contribution is 2.26. The molecule has 0 bridgehead atoms. The van der Waals surface area contributed by atoms with Crippen LogP contribution in [0.1, 0.15) is 29.8 Å². The highest BCUT2D eigenvalue weighted by atomic mass is 32.1. The Hall–Kier alpha value is -1.92. The highest BCUT2D eigenvalue weighted by Gasteiger charge is 2.38. The van der Waals surface area contributed by atoms with E-state index in [1.807, 2.05) is 0 Å². The zero-order valence-electron chi connectivity index (χ0n) is 14.4. The van der Waals surface area contributed by atoms with E-state index in [0.29, 0.717) is 11.7 Å². The second kappa shape index (κ2) is 9.85. The van der Waals surface area contributed by atoms with E-state index in [2.05, 4.69) is 20.9 Å². The lowest BCUT2D eigenvalue weighted by Gasteiger charge is -2.16. The fourth-order valence-corrected chi connectivity index (χ4v) is 3.48. The Kier molecular flexibility index (Phi) is 7.80. The Labute approximate surface area is 157 Å². The van der Waals surface area contributed by atoms with E-state index in [1.165, 1.54) is 17.8 Å². The Morgan fingerprint density at radius 1 is 1.33 bits per heavy atom. The largest absolute Gasteiger partial charge is 0.490 e. The number of halogens is 3. The highest BCUT2D eigenvalue weighted by molar-refractivity contribution is 7.15. The number of aliphatic carboxylic acids is 1. The molecule has 0 radical (unpaired) electrons. The summed E-state index contributed by atoms with van der Waals surface area (Å²) in [4.78, 5) is 26.5. The van der Waals surface area contributed by atoms with Crippen LogP contribution >= 0.6 is 11.3 Å². The molecule has 1 fully saturated rings. The number of anilines is 1. The van der Waals surface area contributed by atoms with Gasteiger partial charge in [0, 0.05) is 19.0 Å². The Morgan fingerprint density at radius 2 is 2.07 bits per heavy atom. The van der Waals surface area contributed by atoms with E-state index in [-0.39, 0.29) is 12.1 Å². The number of hydrogen-bond acceptors (Lipinski definition) is 6. The number of amides is 2. The topological polar surface area (TPSA) is 113 Å². The minimum atomic E-state index is -5.08. The van der Waals surface area contributed by atoms with E-state index in [0.717, 1.165) is 49.5 Å². The lowest BCUT2D eigenvalue weighted by molar-refractivity contribution is -0.192. The summed E-state index contributed by atoms with van der Waals surface area (Å²) in [6.45, 7) is 3.22. The van der Waals surface area contributed by atoms with Gasteiger partial charge < -0.3 is 20.5 Å². The molecule has 3 rings (SSSR count). The number of alkyl halides is 3. The van der Waals surface area contributed by atoms with E-state index < -0.39 is 12.1 Å². The predicted octanol–water partition coefficient (Wildman–Crippen LogP) is 2.11. The molecule has 27 heavy (non-hydrogen) atoms. The molecule has 12 heteroatoms. The number of fused-ring (bicyclic) bond motifs is 1. The van der Waals surface area contributed by atoms with Crippen molar-refractivity contribution in [1.29, 1.82) is 0 Å². The van der Waals surface area contributed by atoms with Crippen molar-refractivity contribution in [2.45, 2.75) is 44.5 Å². The molecule has 152 valence electrons. The number of rotatable bonds is 2. The summed E-state index contributed by atoms with van der Waals surface area (Å²) in [5.41, 5.74) is 1.06. The first kappa shape index (κ1) is 21.4. The Balaban J connectivity index is 0.000000321. The number of ether oxygens (including phenoxy) is 1. The number of carbonyl (C=O) groups is 2. The van der Waals surface area contributed by atoms with Gasteiger partial charge in [-0.15, -0.1) is 0 Å². The summed E-state index contributed by atoms with van der Waals surface area (Å²) in [6, 6.07) is 0.0427. The van der Waals surface area contributed by atoms with Crippen LogP contribution in [0.2, 0.25) is 0 Å². The minimum absolute atomic E-state index is 0.161. The number of urea groups is 1. The van der Waals surface area contributed by atoms with Gasteiger partial charge in [0.1, 0.15) is 0 Å². The lowest BCUT2D eigenvalue weighted by Crippen LogP contribution is -2.42. The molecule has 1 unspecified atom stereocenters. The molecule has 4 N–H and O–H groups in total. The third-order valence-corrected chi connectivity index (χ3v) is 4.83. The number of hydrogen-bond donors (Lipinski definition) is 4. The maximum absolute atomic E-state index is 12.0. The molecule has 2 aliphatic heterocycles. The zero-order valence-corrected chi connectivity index (χ0v) is 15.2. The maximum atomic E-state index is 12.0. The molecule has 0 aromatic carbocycles. The number of nitrogens with zero attached hydrogens (tertiary/aromatic N) is 1. The summed E-state index contributed by atoms with van der Waals surface area (Å²) in [7, 11) is 0. The average molecular weight is 410 g/mol. The van der Waals surface area contributed by atoms with Crippen LogP contribution in [0.5, 0.6) is 0 Å². The van der Waals surface area contributed by atoms with Crippen molar-refractivity contribution in [3.05, 3.63) is 10.6 Å². The molecule has 8 nitrogen and oxygen atoms in total. The van der Waals surface area contributed by atoms with Gasteiger partial charge in [0.05, 0.1) is 23.8 Å². The van der Waals surface area contributed by atoms with Crippen molar-refractivity contribution in [1.82, 2.24) is 15.6 Å². The van der Waals surface area contributed by atoms with E-state index >= 15 is 0 Å². The van der Waals surface area contributed by atoms with Crippen LogP contribution in [0.3, 0.4) is 0 Å². The molecule has 1 saturated heterocycles. The minimum Gasteiger partial charge on any atom is -0.475 e. The number of carboxylic acids is 1. The first-order chi connectivity index (χ1) is 12.8. The molecule has 1 atom stereocenters. The summed E-state index contributed by atoms with van der Waals surface area (Å²) in [6.07, 6.45) is -0.885. The van der Waals surface area contributed by atoms with Gasteiger partial charge in [0.2, 0.25) is 0 Å². The van der Waals surface area contributed by atoms with Crippen molar-refractivity contribution in [3.63, 3.8) is 0 Å². The predicted molar refractivity (Wildman–Crippen MR) is 91.8 cm³/mol. The monoisotopic (exact) mass is 410 g/mol. The third-order valence-electron chi connectivity index (χ3n) is 3.84. The van der Waals surface area contributed by atoms with Crippen LogP contribution in [0.4, 0.5) is 23.1 Å². The number of nitrogens with one attached hydrogen (secondary N) is 3. The van der Waals surface area contributed by atoms with Gasteiger partial charge in [-0.25, -0.2) is 14.6 Å².